The molecule has 1 aliphatic carbocycles. The molecule has 33 heavy (non-hydrogen) atoms. The Morgan fingerprint density at radius 1 is 1.18 bits per heavy atom. The Balaban J connectivity index is 0.00000259. The predicted octanol–water partition coefficient (Wildman–Crippen LogP) is 6.14. The molecule has 1 saturated carbocycles. The molecule has 1 unspecified atom stereocenters. The number of methoxy groups -OCH3 is 1. The first kappa shape index (κ1) is 24.4. The van der Waals surface area contributed by atoms with Gasteiger partial charge in [0.05, 0.1) is 29.9 Å². The van der Waals surface area contributed by atoms with Crippen LogP contribution in [0.15, 0.2) is 35.1 Å². The van der Waals surface area contributed by atoms with E-state index >= 15 is 0 Å². The van der Waals surface area contributed by atoms with Crippen molar-refractivity contribution in [3.63, 3.8) is 0 Å². The Morgan fingerprint density at radius 2 is 1.94 bits per heavy atom. The molecule has 176 valence electrons. The van der Waals surface area contributed by atoms with E-state index in [-0.39, 0.29) is 27.7 Å². The molecule has 3 atom stereocenters. The zero-order valence-corrected chi connectivity index (χ0v) is 22.0. The second-order valence-electron chi connectivity index (χ2n) is 8.42. The minimum absolute atomic E-state index is 0. The van der Waals surface area contributed by atoms with E-state index in [0.717, 1.165) is 24.9 Å². The zero-order chi connectivity index (χ0) is 22.2. The summed E-state index contributed by atoms with van der Waals surface area (Å²) in [7, 11) is 1.60. The number of nitrogens with zero attached hydrogens (tertiary/aromatic N) is 2. The standard InChI is InChI=1S/C23H23BrClFN4O2.BrH/c1-31-19-6-15-18(7-20(19)32-10-12-4-13-8-27-9-14(13)5-12)28-11-29-23(15)30-17-3-2-16(24)21(25)22(17)26;/h2-3,6-7,11-14,27H,4-5,8-10H2,1H3,(H,28,29,30);1H/t12?,13-,14+;. The molecule has 6 nitrogen and oxygen atoms in total. The van der Waals surface area contributed by atoms with E-state index in [0.29, 0.717) is 45.2 Å². The molecule has 2 heterocycles. The number of hydrogen-bond donors (Lipinski definition) is 2. The number of aromatic nitrogens is 2. The third-order valence-electron chi connectivity index (χ3n) is 6.44. The highest BCUT2D eigenvalue weighted by Crippen LogP contribution is 2.40. The Kier molecular flexibility index (Phi) is 7.63. The van der Waals surface area contributed by atoms with Gasteiger partial charge in [-0.1, -0.05) is 11.6 Å². The van der Waals surface area contributed by atoms with Gasteiger partial charge in [-0.25, -0.2) is 14.4 Å². The molecule has 0 amide bonds. The van der Waals surface area contributed by atoms with Gasteiger partial charge < -0.3 is 20.1 Å². The van der Waals surface area contributed by atoms with E-state index in [2.05, 4.69) is 36.5 Å². The number of rotatable bonds is 6. The number of fused-ring (bicyclic) bond motifs is 2. The number of halogens is 4. The first-order chi connectivity index (χ1) is 15.5. The molecule has 10 heteroatoms. The third-order valence-corrected chi connectivity index (χ3v) is 7.69. The minimum Gasteiger partial charge on any atom is -0.493 e. The van der Waals surface area contributed by atoms with Crippen LogP contribution in [0.1, 0.15) is 12.8 Å². The molecule has 1 saturated heterocycles. The van der Waals surface area contributed by atoms with Gasteiger partial charge in [-0.15, -0.1) is 17.0 Å². The van der Waals surface area contributed by atoms with Crippen LogP contribution in [0.25, 0.3) is 10.9 Å². The predicted molar refractivity (Wildman–Crippen MR) is 137 cm³/mol. The second-order valence-corrected chi connectivity index (χ2v) is 9.65. The number of benzene rings is 2. The summed E-state index contributed by atoms with van der Waals surface area (Å²) < 4.78 is 26.8. The number of ether oxygens (including phenoxy) is 2. The van der Waals surface area contributed by atoms with E-state index in [9.17, 15) is 4.39 Å². The van der Waals surface area contributed by atoms with Crippen LogP contribution >= 0.6 is 44.5 Å². The molecule has 0 spiro atoms. The largest absolute Gasteiger partial charge is 0.493 e. The molecule has 2 aromatic carbocycles. The number of hydrogen-bond acceptors (Lipinski definition) is 6. The highest BCUT2D eigenvalue weighted by molar-refractivity contribution is 9.10. The van der Waals surface area contributed by atoms with Crippen LogP contribution in [0, 0.1) is 23.6 Å². The topological polar surface area (TPSA) is 68.3 Å². The Hall–Kier alpha value is -1.68. The molecular formula is C23H24Br2ClFN4O2. The molecule has 1 aromatic heterocycles. The highest BCUT2D eigenvalue weighted by Gasteiger charge is 2.37. The van der Waals surface area contributed by atoms with Gasteiger partial charge in [0.25, 0.3) is 0 Å². The van der Waals surface area contributed by atoms with E-state index in [1.807, 2.05) is 12.1 Å². The van der Waals surface area contributed by atoms with Crippen molar-refractivity contribution in [3.05, 3.63) is 45.9 Å². The van der Waals surface area contributed by atoms with Crippen molar-refractivity contribution in [1.29, 1.82) is 0 Å². The first-order valence-corrected chi connectivity index (χ1v) is 11.8. The highest BCUT2D eigenvalue weighted by atomic mass is 79.9. The van der Waals surface area contributed by atoms with Crippen LogP contribution in [0.4, 0.5) is 15.9 Å². The smallest absolute Gasteiger partial charge is 0.166 e. The van der Waals surface area contributed by atoms with Crippen LogP contribution in [0.3, 0.4) is 0 Å². The van der Waals surface area contributed by atoms with Crippen LogP contribution in [-0.2, 0) is 0 Å². The molecule has 0 radical (unpaired) electrons. The van der Waals surface area contributed by atoms with Crippen LogP contribution in [-0.4, -0.2) is 36.8 Å². The average Bonchev–Trinajstić information content (AvgIpc) is 3.39. The SMILES string of the molecule is Br.COc1cc2c(Nc3ccc(Br)c(Cl)c3F)ncnc2cc1OCC1C[C@H]2CNC[C@H]2C1. The van der Waals surface area contributed by atoms with Crippen LogP contribution in [0.5, 0.6) is 11.5 Å². The van der Waals surface area contributed by atoms with Gasteiger partial charge in [0.15, 0.2) is 17.3 Å². The Labute approximate surface area is 215 Å². The van der Waals surface area contributed by atoms with E-state index in [4.69, 9.17) is 21.1 Å². The summed E-state index contributed by atoms with van der Waals surface area (Å²) in [5.41, 5.74) is 0.896. The maximum Gasteiger partial charge on any atom is 0.166 e. The van der Waals surface area contributed by atoms with Gasteiger partial charge in [0, 0.05) is 15.9 Å². The summed E-state index contributed by atoms with van der Waals surface area (Å²) in [6.45, 7) is 2.91. The summed E-state index contributed by atoms with van der Waals surface area (Å²) in [5.74, 6) is 3.24. The third kappa shape index (κ3) is 4.92. The summed E-state index contributed by atoms with van der Waals surface area (Å²) in [6.07, 6.45) is 3.83. The van der Waals surface area contributed by atoms with Crippen LogP contribution < -0.4 is 20.1 Å². The molecular weight excluding hydrogens is 579 g/mol. The summed E-state index contributed by atoms with van der Waals surface area (Å²) in [5, 5.41) is 7.19. The Morgan fingerprint density at radius 3 is 2.67 bits per heavy atom. The van der Waals surface area contributed by atoms with Gasteiger partial charge in [-0.05, 0) is 77.8 Å². The lowest BCUT2D eigenvalue weighted by Gasteiger charge is -2.17. The Bertz CT molecular complexity index is 1160. The molecule has 0 bridgehead atoms. The lowest BCUT2D eigenvalue weighted by atomic mass is 10.0. The lowest BCUT2D eigenvalue weighted by molar-refractivity contribution is 0.234. The first-order valence-electron chi connectivity index (χ1n) is 10.6. The van der Waals surface area contributed by atoms with Gasteiger partial charge in [-0.3, -0.25) is 0 Å². The van der Waals surface area contributed by atoms with Crippen molar-refractivity contribution < 1.29 is 13.9 Å². The quantitative estimate of drug-likeness (QED) is 0.331. The maximum absolute atomic E-state index is 14.6. The monoisotopic (exact) mass is 600 g/mol. The van der Waals surface area contributed by atoms with Crippen molar-refractivity contribution in [2.45, 2.75) is 12.8 Å². The van der Waals surface area contributed by atoms with E-state index in [1.54, 1.807) is 19.2 Å². The van der Waals surface area contributed by atoms with Crippen molar-refractivity contribution in [2.24, 2.45) is 17.8 Å². The van der Waals surface area contributed by atoms with Gasteiger partial charge >= 0.3 is 0 Å². The maximum atomic E-state index is 14.6. The lowest BCUT2D eigenvalue weighted by Crippen LogP contribution is -2.15. The van der Waals surface area contributed by atoms with Gasteiger partial charge in [-0.2, -0.15) is 0 Å². The summed E-state index contributed by atoms with van der Waals surface area (Å²) in [4.78, 5) is 8.67. The molecule has 2 N–H and O–H groups in total. The normalized spacial score (nSPS) is 21.5. The van der Waals surface area contributed by atoms with Crippen molar-refractivity contribution in [1.82, 2.24) is 15.3 Å². The molecule has 5 rings (SSSR count). The molecule has 3 aromatic rings. The fourth-order valence-electron chi connectivity index (χ4n) is 4.82. The van der Waals surface area contributed by atoms with Crippen molar-refractivity contribution in [3.8, 4) is 11.5 Å². The summed E-state index contributed by atoms with van der Waals surface area (Å²) in [6, 6.07) is 6.94. The van der Waals surface area contributed by atoms with Gasteiger partial charge in [0.2, 0.25) is 0 Å². The molecule has 1 aliphatic heterocycles. The van der Waals surface area contributed by atoms with E-state index in [1.165, 1.54) is 19.2 Å². The summed E-state index contributed by atoms with van der Waals surface area (Å²) >= 11 is 9.25. The van der Waals surface area contributed by atoms with E-state index < -0.39 is 5.82 Å². The van der Waals surface area contributed by atoms with Crippen molar-refractivity contribution >= 4 is 66.9 Å². The van der Waals surface area contributed by atoms with Crippen LogP contribution in [0.2, 0.25) is 5.02 Å². The van der Waals surface area contributed by atoms with Crippen molar-refractivity contribution in [2.75, 3.05) is 32.1 Å². The molecule has 2 fully saturated rings. The second kappa shape index (κ2) is 10.3. The van der Waals surface area contributed by atoms with Gasteiger partial charge in [0.1, 0.15) is 12.1 Å². The fourth-order valence-corrected chi connectivity index (χ4v) is 5.29. The molecule has 2 aliphatic rings. The minimum atomic E-state index is -0.559. The number of nitrogens with one attached hydrogen (secondary N) is 2. The average molecular weight is 603 g/mol. The zero-order valence-electron chi connectivity index (χ0n) is 17.9. The number of anilines is 2. The fraction of sp³-hybridized carbons (Fsp3) is 0.391.